The Kier molecular flexibility index (Phi) is 3.14. The predicted octanol–water partition coefficient (Wildman–Crippen LogP) is 2.41. The lowest BCUT2D eigenvalue weighted by Crippen LogP contribution is -2.05. The average Bonchev–Trinajstić information content (AvgIpc) is 2.34. The smallest absolute Gasteiger partial charge is 0.337 e. The predicted molar refractivity (Wildman–Crippen MR) is 70.1 cm³/mol. The molecule has 0 fully saturated rings. The van der Waals surface area contributed by atoms with Crippen LogP contribution in [-0.2, 0) is 0 Å². The lowest BCUT2D eigenvalue weighted by Gasteiger charge is -2.07. The van der Waals surface area contributed by atoms with Gasteiger partial charge in [0.15, 0.2) is 0 Å². The normalized spacial score (nSPS) is 10.1. The molecule has 0 amide bonds. The SMILES string of the molecule is Cc1ccc(Nc2cc(C(=O)O)c(N)cn2)cc1. The second-order valence-electron chi connectivity index (χ2n) is 3.95. The van der Waals surface area contributed by atoms with E-state index in [2.05, 4.69) is 10.3 Å². The minimum atomic E-state index is -1.07. The maximum absolute atomic E-state index is 10.9. The Balaban J connectivity index is 2.27. The first kappa shape index (κ1) is 11.9. The second kappa shape index (κ2) is 4.75. The molecular weight excluding hydrogens is 230 g/mol. The Morgan fingerprint density at radius 2 is 2.00 bits per heavy atom. The zero-order chi connectivity index (χ0) is 13.1. The molecule has 18 heavy (non-hydrogen) atoms. The fourth-order valence-corrected chi connectivity index (χ4v) is 1.50. The molecule has 0 spiro atoms. The minimum Gasteiger partial charge on any atom is -0.478 e. The number of nitrogen functional groups attached to an aromatic ring is 1. The van der Waals surface area contributed by atoms with Crippen LogP contribution in [-0.4, -0.2) is 16.1 Å². The number of nitrogens with two attached hydrogens (primary N) is 1. The maximum Gasteiger partial charge on any atom is 0.337 e. The van der Waals surface area contributed by atoms with Gasteiger partial charge in [-0.15, -0.1) is 0 Å². The van der Waals surface area contributed by atoms with Crippen LogP contribution in [0.1, 0.15) is 15.9 Å². The Bertz CT molecular complexity index is 579. The summed E-state index contributed by atoms with van der Waals surface area (Å²) in [5.41, 5.74) is 7.72. The van der Waals surface area contributed by atoms with Gasteiger partial charge in [-0.2, -0.15) is 0 Å². The van der Waals surface area contributed by atoms with Gasteiger partial charge in [0.2, 0.25) is 0 Å². The molecule has 0 bridgehead atoms. The van der Waals surface area contributed by atoms with E-state index in [9.17, 15) is 4.79 Å². The van der Waals surface area contributed by atoms with Crippen LogP contribution in [0.3, 0.4) is 0 Å². The van der Waals surface area contributed by atoms with Gasteiger partial charge in [0, 0.05) is 5.69 Å². The molecule has 0 atom stereocenters. The molecule has 4 N–H and O–H groups in total. The summed E-state index contributed by atoms with van der Waals surface area (Å²) in [5, 5.41) is 12.0. The van der Waals surface area contributed by atoms with Crippen molar-refractivity contribution in [2.24, 2.45) is 0 Å². The van der Waals surface area contributed by atoms with E-state index in [4.69, 9.17) is 10.8 Å². The van der Waals surface area contributed by atoms with Crippen molar-refractivity contribution in [3.63, 3.8) is 0 Å². The van der Waals surface area contributed by atoms with E-state index < -0.39 is 5.97 Å². The summed E-state index contributed by atoms with van der Waals surface area (Å²) in [6.45, 7) is 1.99. The number of hydrogen-bond donors (Lipinski definition) is 3. The molecule has 0 saturated heterocycles. The van der Waals surface area contributed by atoms with Crippen molar-refractivity contribution < 1.29 is 9.90 Å². The molecule has 2 aromatic rings. The first-order chi connectivity index (χ1) is 8.56. The first-order valence-electron chi connectivity index (χ1n) is 5.39. The lowest BCUT2D eigenvalue weighted by atomic mass is 10.2. The number of carbonyl (C=O) groups is 1. The minimum absolute atomic E-state index is 0.0413. The van der Waals surface area contributed by atoms with E-state index in [0.717, 1.165) is 11.3 Å². The second-order valence-corrected chi connectivity index (χ2v) is 3.95. The van der Waals surface area contributed by atoms with Crippen molar-refractivity contribution in [3.8, 4) is 0 Å². The standard InChI is InChI=1S/C13H13N3O2/c1-8-2-4-9(5-3-8)16-12-6-10(13(17)18)11(14)7-15-12/h2-7H,14H2,1H3,(H,15,16)(H,17,18). The van der Waals surface area contributed by atoms with Crippen molar-refractivity contribution in [2.75, 3.05) is 11.1 Å². The van der Waals surface area contributed by atoms with Gasteiger partial charge in [-0.3, -0.25) is 0 Å². The average molecular weight is 243 g/mol. The van der Waals surface area contributed by atoms with Crippen LogP contribution in [0.15, 0.2) is 36.5 Å². The number of benzene rings is 1. The first-order valence-corrected chi connectivity index (χ1v) is 5.39. The maximum atomic E-state index is 10.9. The number of pyridine rings is 1. The molecule has 1 heterocycles. The molecule has 92 valence electrons. The molecule has 0 unspecified atom stereocenters. The van der Waals surface area contributed by atoms with E-state index in [1.54, 1.807) is 0 Å². The molecule has 1 aromatic heterocycles. The molecule has 5 heteroatoms. The Morgan fingerprint density at radius 1 is 1.33 bits per heavy atom. The number of aromatic nitrogens is 1. The number of aryl methyl sites for hydroxylation is 1. The van der Waals surface area contributed by atoms with E-state index >= 15 is 0 Å². The van der Waals surface area contributed by atoms with Crippen LogP contribution < -0.4 is 11.1 Å². The Morgan fingerprint density at radius 3 is 2.61 bits per heavy atom. The molecular formula is C13H13N3O2. The fraction of sp³-hybridized carbons (Fsp3) is 0.0769. The number of carboxylic acid groups (broad SMARTS) is 1. The van der Waals surface area contributed by atoms with Crippen molar-refractivity contribution in [1.29, 1.82) is 0 Å². The van der Waals surface area contributed by atoms with E-state index in [1.807, 2.05) is 31.2 Å². The Labute approximate surface area is 104 Å². The highest BCUT2D eigenvalue weighted by Gasteiger charge is 2.09. The number of anilines is 3. The molecule has 0 aliphatic heterocycles. The lowest BCUT2D eigenvalue weighted by molar-refractivity contribution is 0.0698. The molecule has 0 aliphatic rings. The van der Waals surface area contributed by atoms with E-state index in [0.29, 0.717) is 5.82 Å². The number of rotatable bonds is 3. The quantitative estimate of drug-likeness (QED) is 0.770. The van der Waals surface area contributed by atoms with E-state index in [1.165, 1.54) is 12.3 Å². The highest BCUT2D eigenvalue weighted by atomic mass is 16.4. The van der Waals surface area contributed by atoms with Gasteiger partial charge in [0.05, 0.1) is 17.4 Å². The van der Waals surface area contributed by atoms with E-state index in [-0.39, 0.29) is 11.3 Å². The monoisotopic (exact) mass is 243 g/mol. The molecule has 0 saturated carbocycles. The van der Waals surface area contributed by atoms with Gasteiger partial charge in [0.25, 0.3) is 0 Å². The zero-order valence-electron chi connectivity index (χ0n) is 9.84. The van der Waals surface area contributed by atoms with Crippen LogP contribution in [0.5, 0.6) is 0 Å². The largest absolute Gasteiger partial charge is 0.478 e. The van der Waals surface area contributed by atoms with Crippen molar-refractivity contribution in [1.82, 2.24) is 4.98 Å². The third-order valence-corrected chi connectivity index (χ3v) is 2.49. The zero-order valence-corrected chi connectivity index (χ0v) is 9.84. The summed E-state index contributed by atoms with van der Waals surface area (Å²) in [7, 11) is 0. The summed E-state index contributed by atoms with van der Waals surface area (Å²) in [6.07, 6.45) is 1.33. The molecule has 5 nitrogen and oxygen atoms in total. The topological polar surface area (TPSA) is 88.2 Å². The van der Waals surface area contributed by atoms with Crippen LogP contribution in [0, 0.1) is 6.92 Å². The summed E-state index contributed by atoms with van der Waals surface area (Å²) >= 11 is 0. The van der Waals surface area contributed by atoms with Crippen LogP contribution in [0.2, 0.25) is 0 Å². The third kappa shape index (κ3) is 2.57. The fourth-order valence-electron chi connectivity index (χ4n) is 1.50. The van der Waals surface area contributed by atoms with Crippen molar-refractivity contribution in [3.05, 3.63) is 47.7 Å². The van der Waals surface area contributed by atoms with Crippen LogP contribution in [0.4, 0.5) is 17.2 Å². The van der Waals surface area contributed by atoms with Crippen LogP contribution >= 0.6 is 0 Å². The number of hydrogen-bond acceptors (Lipinski definition) is 4. The van der Waals surface area contributed by atoms with Crippen LogP contribution in [0.25, 0.3) is 0 Å². The number of carboxylic acids is 1. The highest BCUT2D eigenvalue weighted by molar-refractivity contribution is 5.94. The van der Waals surface area contributed by atoms with Gasteiger partial charge in [-0.1, -0.05) is 17.7 Å². The van der Waals surface area contributed by atoms with Gasteiger partial charge >= 0.3 is 5.97 Å². The summed E-state index contributed by atoms with van der Waals surface area (Å²) in [4.78, 5) is 15.0. The number of nitrogens with zero attached hydrogens (tertiary/aromatic N) is 1. The molecule has 0 aliphatic carbocycles. The molecule has 2 rings (SSSR count). The van der Waals surface area contributed by atoms with Gasteiger partial charge in [-0.05, 0) is 25.1 Å². The Hall–Kier alpha value is -2.56. The van der Waals surface area contributed by atoms with Gasteiger partial charge < -0.3 is 16.2 Å². The summed E-state index contributed by atoms with van der Waals surface area (Å²) < 4.78 is 0. The highest BCUT2D eigenvalue weighted by Crippen LogP contribution is 2.19. The van der Waals surface area contributed by atoms with Gasteiger partial charge in [-0.25, -0.2) is 9.78 Å². The number of aromatic carboxylic acids is 1. The molecule has 0 radical (unpaired) electrons. The summed E-state index contributed by atoms with van der Waals surface area (Å²) in [6, 6.07) is 9.12. The number of nitrogens with one attached hydrogen (secondary N) is 1. The summed E-state index contributed by atoms with van der Waals surface area (Å²) in [5.74, 6) is -0.618. The third-order valence-electron chi connectivity index (χ3n) is 2.49. The van der Waals surface area contributed by atoms with Crippen molar-refractivity contribution in [2.45, 2.75) is 6.92 Å². The van der Waals surface area contributed by atoms with Crippen molar-refractivity contribution >= 4 is 23.2 Å². The van der Waals surface area contributed by atoms with Gasteiger partial charge in [0.1, 0.15) is 5.82 Å². The molecule has 1 aromatic carbocycles.